The van der Waals surface area contributed by atoms with E-state index in [1.807, 2.05) is 32.3 Å². The first kappa shape index (κ1) is 16.5. The predicted octanol–water partition coefficient (Wildman–Crippen LogP) is 2.28. The van der Waals surface area contributed by atoms with Crippen LogP contribution in [0.4, 0.5) is 0 Å². The minimum Gasteiger partial charge on any atom is -0.496 e. The summed E-state index contributed by atoms with van der Waals surface area (Å²) < 4.78 is 5.40. The number of rotatable bonds is 5. The molecule has 1 N–H and O–H groups in total. The van der Waals surface area contributed by atoms with Gasteiger partial charge in [0.25, 0.3) is 5.91 Å². The van der Waals surface area contributed by atoms with Gasteiger partial charge in [-0.2, -0.15) is 0 Å². The Morgan fingerprint density at radius 2 is 2.00 bits per heavy atom. The van der Waals surface area contributed by atoms with E-state index >= 15 is 0 Å². The average Bonchev–Trinajstić information content (AvgIpc) is 2.42. The Kier molecular flexibility index (Phi) is 5.57. The van der Waals surface area contributed by atoms with Crippen LogP contribution in [0.5, 0.6) is 5.75 Å². The van der Waals surface area contributed by atoms with Crippen LogP contribution in [-0.4, -0.2) is 45.1 Å². The van der Waals surface area contributed by atoms with Gasteiger partial charge in [0.15, 0.2) is 0 Å². The SMILES string of the molecule is CNCCN(C)C(=O)c1ccc(OC)c(C(C)(C)C)c1. The Morgan fingerprint density at radius 1 is 1.35 bits per heavy atom. The summed E-state index contributed by atoms with van der Waals surface area (Å²) in [5.41, 5.74) is 1.69. The Labute approximate surface area is 122 Å². The number of methoxy groups -OCH3 is 1. The van der Waals surface area contributed by atoms with Gasteiger partial charge in [-0.25, -0.2) is 0 Å². The van der Waals surface area contributed by atoms with E-state index in [1.165, 1.54) is 0 Å². The number of nitrogens with one attached hydrogen (secondary N) is 1. The first-order chi connectivity index (χ1) is 9.31. The van der Waals surface area contributed by atoms with Gasteiger partial charge in [-0.05, 0) is 30.7 Å². The molecule has 0 bridgehead atoms. The second-order valence-corrected chi connectivity index (χ2v) is 6.00. The summed E-state index contributed by atoms with van der Waals surface area (Å²) in [6.07, 6.45) is 0. The molecule has 0 fully saturated rings. The maximum atomic E-state index is 12.4. The summed E-state index contributed by atoms with van der Waals surface area (Å²) in [4.78, 5) is 14.1. The molecule has 0 atom stereocenters. The molecule has 0 spiro atoms. The highest BCUT2D eigenvalue weighted by atomic mass is 16.5. The number of likely N-dealkylation sites (N-methyl/N-ethyl adjacent to an activating group) is 2. The Hall–Kier alpha value is -1.55. The van der Waals surface area contributed by atoms with Gasteiger partial charge in [-0.15, -0.1) is 0 Å². The molecule has 0 radical (unpaired) electrons. The van der Waals surface area contributed by atoms with E-state index in [0.29, 0.717) is 12.1 Å². The molecule has 20 heavy (non-hydrogen) atoms. The van der Waals surface area contributed by atoms with E-state index in [0.717, 1.165) is 17.9 Å². The molecule has 1 aromatic rings. The summed E-state index contributed by atoms with van der Waals surface area (Å²) in [6, 6.07) is 5.64. The fourth-order valence-corrected chi connectivity index (χ4v) is 2.03. The summed E-state index contributed by atoms with van der Waals surface area (Å²) in [5, 5.41) is 3.04. The van der Waals surface area contributed by atoms with Gasteiger partial charge in [-0.3, -0.25) is 4.79 Å². The lowest BCUT2D eigenvalue weighted by Gasteiger charge is -2.24. The van der Waals surface area contributed by atoms with Gasteiger partial charge in [0.05, 0.1) is 7.11 Å². The maximum absolute atomic E-state index is 12.4. The molecule has 0 saturated heterocycles. The number of carbonyl (C=O) groups excluding carboxylic acids is 1. The fourth-order valence-electron chi connectivity index (χ4n) is 2.03. The van der Waals surface area contributed by atoms with E-state index in [-0.39, 0.29) is 11.3 Å². The average molecular weight is 278 g/mol. The van der Waals surface area contributed by atoms with Crippen molar-refractivity contribution in [2.24, 2.45) is 0 Å². The van der Waals surface area contributed by atoms with E-state index in [4.69, 9.17) is 4.74 Å². The highest BCUT2D eigenvalue weighted by molar-refractivity contribution is 5.94. The second kappa shape index (κ2) is 6.75. The van der Waals surface area contributed by atoms with Crippen LogP contribution in [-0.2, 0) is 5.41 Å². The highest BCUT2D eigenvalue weighted by Crippen LogP contribution is 2.32. The molecule has 112 valence electrons. The third-order valence-electron chi connectivity index (χ3n) is 3.30. The zero-order valence-electron chi connectivity index (χ0n) is 13.4. The summed E-state index contributed by atoms with van der Waals surface area (Å²) in [7, 11) is 5.36. The van der Waals surface area contributed by atoms with Gasteiger partial charge in [0.1, 0.15) is 5.75 Å². The number of nitrogens with zero attached hydrogens (tertiary/aromatic N) is 1. The van der Waals surface area contributed by atoms with Crippen LogP contribution in [0, 0.1) is 0 Å². The third kappa shape index (κ3) is 3.97. The highest BCUT2D eigenvalue weighted by Gasteiger charge is 2.21. The Balaban J connectivity index is 3.05. The van der Waals surface area contributed by atoms with Crippen LogP contribution in [0.3, 0.4) is 0 Å². The molecule has 0 aliphatic rings. The minimum absolute atomic E-state index is 0.0356. The molecule has 0 aromatic heterocycles. The first-order valence-electron chi connectivity index (χ1n) is 6.90. The maximum Gasteiger partial charge on any atom is 0.253 e. The van der Waals surface area contributed by atoms with Gasteiger partial charge >= 0.3 is 0 Å². The standard InChI is InChI=1S/C16H26N2O2/c1-16(2,3)13-11-12(7-8-14(13)20-6)15(19)18(5)10-9-17-4/h7-8,11,17H,9-10H2,1-6H3. The molecular formula is C16H26N2O2. The molecule has 4 heteroatoms. The van der Waals surface area contributed by atoms with Crippen molar-refractivity contribution in [3.8, 4) is 5.75 Å². The number of hydrogen-bond acceptors (Lipinski definition) is 3. The lowest BCUT2D eigenvalue weighted by atomic mass is 9.85. The van der Waals surface area contributed by atoms with Crippen molar-refractivity contribution < 1.29 is 9.53 Å². The molecule has 1 amide bonds. The van der Waals surface area contributed by atoms with Crippen molar-refractivity contribution in [1.29, 1.82) is 0 Å². The molecule has 4 nitrogen and oxygen atoms in total. The van der Waals surface area contributed by atoms with Crippen LogP contribution in [0.1, 0.15) is 36.7 Å². The quantitative estimate of drug-likeness (QED) is 0.898. The first-order valence-corrected chi connectivity index (χ1v) is 6.90. The second-order valence-electron chi connectivity index (χ2n) is 6.00. The van der Waals surface area contributed by atoms with Crippen LogP contribution in [0.25, 0.3) is 0 Å². The largest absolute Gasteiger partial charge is 0.496 e. The summed E-state index contributed by atoms with van der Waals surface area (Å²) in [6.45, 7) is 7.81. The van der Waals surface area contributed by atoms with E-state index in [2.05, 4.69) is 26.1 Å². The number of carbonyl (C=O) groups is 1. The Bertz CT molecular complexity index is 464. The van der Waals surface area contributed by atoms with E-state index in [1.54, 1.807) is 12.0 Å². The number of ether oxygens (including phenoxy) is 1. The zero-order valence-corrected chi connectivity index (χ0v) is 13.4. The van der Waals surface area contributed by atoms with Crippen molar-refractivity contribution in [3.05, 3.63) is 29.3 Å². The predicted molar refractivity (Wildman–Crippen MR) is 82.6 cm³/mol. The molecular weight excluding hydrogens is 252 g/mol. The van der Waals surface area contributed by atoms with Crippen molar-refractivity contribution in [1.82, 2.24) is 10.2 Å². The molecule has 0 saturated carbocycles. The van der Waals surface area contributed by atoms with Gasteiger partial charge in [-0.1, -0.05) is 20.8 Å². The van der Waals surface area contributed by atoms with Gasteiger partial charge < -0.3 is 15.0 Å². The molecule has 0 unspecified atom stereocenters. The molecule has 0 heterocycles. The van der Waals surface area contributed by atoms with E-state index in [9.17, 15) is 4.79 Å². The summed E-state index contributed by atoms with van der Waals surface area (Å²) >= 11 is 0. The van der Waals surface area contributed by atoms with Crippen LogP contribution >= 0.6 is 0 Å². The lowest BCUT2D eigenvalue weighted by molar-refractivity contribution is 0.0796. The normalized spacial score (nSPS) is 11.3. The Morgan fingerprint density at radius 3 is 2.50 bits per heavy atom. The topological polar surface area (TPSA) is 41.6 Å². The monoisotopic (exact) mass is 278 g/mol. The van der Waals surface area contributed by atoms with Crippen molar-refractivity contribution in [2.75, 3.05) is 34.3 Å². The molecule has 1 aromatic carbocycles. The van der Waals surface area contributed by atoms with Crippen LogP contribution in [0.15, 0.2) is 18.2 Å². The van der Waals surface area contributed by atoms with Crippen molar-refractivity contribution >= 4 is 5.91 Å². The fraction of sp³-hybridized carbons (Fsp3) is 0.562. The zero-order chi connectivity index (χ0) is 15.3. The summed E-state index contributed by atoms with van der Waals surface area (Å²) in [5.74, 6) is 0.861. The third-order valence-corrected chi connectivity index (χ3v) is 3.30. The lowest BCUT2D eigenvalue weighted by Crippen LogP contribution is -2.33. The van der Waals surface area contributed by atoms with Gasteiger partial charge in [0.2, 0.25) is 0 Å². The van der Waals surface area contributed by atoms with Crippen LogP contribution < -0.4 is 10.1 Å². The van der Waals surface area contributed by atoms with E-state index < -0.39 is 0 Å². The van der Waals surface area contributed by atoms with Crippen molar-refractivity contribution in [2.45, 2.75) is 26.2 Å². The minimum atomic E-state index is -0.0643. The van der Waals surface area contributed by atoms with Gasteiger partial charge in [0, 0.05) is 31.3 Å². The number of amides is 1. The molecule has 0 aliphatic carbocycles. The molecule has 1 rings (SSSR count). The van der Waals surface area contributed by atoms with Crippen LogP contribution in [0.2, 0.25) is 0 Å². The molecule has 0 aliphatic heterocycles. The van der Waals surface area contributed by atoms with Crippen molar-refractivity contribution in [3.63, 3.8) is 0 Å². The number of hydrogen-bond donors (Lipinski definition) is 1. The smallest absolute Gasteiger partial charge is 0.253 e. The number of benzene rings is 1.